The van der Waals surface area contributed by atoms with Gasteiger partial charge in [-0.15, -0.1) is 11.8 Å². The van der Waals surface area contributed by atoms with Crippen LogP contribution in [-0.4, -0.2) is 30.9 Å². The second-order valence-corrected chi connectivity index (χ2v) is 7.36. The van der Waals surface area contributed by atoms with Gasteiger partial charge in [0.1, 0.15) is 0 Å². The van der Waals surface area contributed by atoms with Gasteiger partial charge in [-0.05, 0) is 37.1 Å². The SMILES string of the molecule is CC(Sc1ccc2c(c1)OCCCO2)C(=O)NCCc1ccccc1. The normalized spacial score (nSPS) is 14.4. The van der Waals surface area contributed by atoms with Crippen molar-refractivity contribution >= 4 is 17.7 Å². The number of hydrogen-bond donors (Lipinski definition) is 1. The van der Waals surface area contributed by atoms with E-state index in [1.165, 1.54) is 17.3 Å². The van der Waals surface area contributed by atoms with Gasteiger partial charge in [-0.1, -0.05) is 30.3 Å². The maximum Gasteiger partial charge on any atom is 0.233 e. The van der Waals surface area contributed by atoms with Gasteiger partial charge >= 0.3 is 0 Å². The molecule has 0 fully saturated rings. The van der Waals surface area contributed by atoms with Gasteiger partial charge in [-0.2, -0.15) is 0 Å². The number of ether oxygens (including phenoxy) is 2. The Hall–Kier alpha value is -2.14. The first-order valence-electron chi connectivity index (χ1n) is 8.60. The molecule has 1 aliphatic heterocycles. The molecular formula is C20H23NO3S. The standard InChI is InChI=1S/C20H23NO3S/c1-15(20(22)21-11-10-16-6-3-2-4-7-16)25-17-8-9-18-19(14-17)24-13-5-12-23-18/h2-4,6-9,14-15H,5,10-13H2,1H3,(H,21,22). The molecule has 132 valence electrons. The highest BCUT2D eigenvalue weighted by molar-refractivity contribution is 8.00. The van der Waals surface area contributed by atoms with E-state index in [-0.39, 0.29) is 11.2 Å². The van der Waals surface area contributed by atoms with Crippen LogP contribution in [0, 0.1) is 0 Å². The predicted molar refractivity (Wildman–Crippen MR) is 101 cm³/mol. The Labute approximate surface area is 152 Å². The Balaban J connectivity index is 1.50. The number of fused-ring (bicyclic) bond motifs is 1. The minimum absolute atomic E-state index is 0.0491. The van der Waals surface area contributed by atoms with Crippen LogP contribution in [0.15, 0.2) is 53.4 Å². The van der Waals surface area contributed by atoms with Gasteiger partial charge in [0.05, 0.1) is 18.5 Å². The van der Waals surface area contributed by atoms with Gasteiger partial charge in [0, 0.05) is 17.9 Å². The zero-order valence-corrected chi connectivity index (χ0v) is 15.2. The Morgan fingerprint density at radius 3 is 2.68 bits per heavy atom. The quantitative estimate of drug-likeness (QED) is 0.801. The molecule has 0 aliphatic carbocycles. The van der Waals surface area contributed by atoms with Gasteiger partial charge in [0.15, 0.2) is 11.5 Å². The van der Waals surface area contributed by atoms with Crippen molar-refractivity contribution in [2.24, 2.45) is 0 Å². The van der Waals surface area contributed by atoms with Crippen LogP contribution in [0.25, 0.3) is 0 Å². The Morgan fingerprint density at radius 2 is 1.88 bits per heavy atom. The van der Waals surface area contributed by atoms with Crippen molar-refractivity contribution in [1.29, 1.82) is 0 Å². The van der Waals surface area contributed by atoms with E-state index in [4.69, 9.17) is 9.47 Å². The van der Waals surface area contributed by atoms with Crippen LogP contribution in [0.1, 0.15) is 18.9 Å². The average molecular weight is 357 g/mol. The molecule has 1 N–H and O–H groups in total. The Bertz CT molecular complexity index is 705. The highest BCUT2D eigenvalue weighted by atomic mass is 32.2. The molecule has 0 aromatic heterocycles. The zero-order valence-electron chi connectivity index (χ0n) is 14.4. The molecule has 0 saturated heterocycles. The monoisotopic (exact) mass is 357 g/mol. The van der Waals surface area contributed by atoms with E-state index in [9.17, 15) is 4.79 Å². The van der Waals surface area contributed by atoms with Crippen LogP contribution in [0.5, 0.6) is 11.5 Å². The summed E-state index contributed by atoms with van der Waals surface area (Å²) >= 11 is 1.53. The van der Waals surface area contributed by atoms with E-state index in [2.05, 4.69) is 17.4 Å². The van der Waals surface area contributed by atoms with Gasteiger partial charge in [0.2, 0.25) is 5.91 Å². The van der Waals surface area contributed by atoms with Crippen LogP contribution in [0.4, 0.5) is 0 Å². The first-order chi connectivity index (χ1) is 12.2. The van der Waals surface area contributed by atoms with Crippen molar-refractivity contribution in [1.82, 2.24) is 5.32 Å². The molecule has 0 spiro atoms. The number of benzene rings is 2. The largest absolute Gasteiger partial charge is 0.490 e. The summed E-state index contributed by atoms with van der Waals surface area (Å²) in [5.41, 5.74) is 1.23. The molecule has 1 amide bonds. The Kier molecular flexibility index (Phi) is 6.23. The van der Waals surface area contributed by atoms with E-state index in [0.29, 0.717) is 19.8 Å². The highest BCUT2D eigenvalue weighted by Crippen LogP contribution is 2.35. The zero-order chi connectivity index (χ0) is 17.5. The maximum absolute atomic E-state index is 12.3. The second-order valence-electron chi connectivity index (χ2n) is 5.95. The topological polar surface area (TPSA) is 47.6 Å². The van der Waals surface area contributed by atoms with Crippen molar-refractivity contribution in [2.75, 3.05) is 19.8 Å². The van der Waals surface area contributed by atoms with Crippen LogP contribution in [0.3, 0.4) is 0 Å². The van der Waals surface area contributed by atoms with Gasteiger partial charge in [-0.3, -0.25) is 4.79 Å². The lowest BCUT2D eigenvalue weighted by Crippen LogP contribution is -2.32. The summed E-state index contributed by atoms with van der Waals surface area (Å²) in [7, 11) is 0. The van der Waals surface area contributed by atoms with Crippen LogP contribution >= 0.6 is 11.8 Å². The minimum atomic E-state index is -0.166. The number of carbonyl (C=O) groups excluding carboxylic acids is 1. The first-order valence-corrected chi connectivity index (χ1v) is 9.48. The fraction of sp³-hybridized carbons (Fsp3) is 0.350. The molecule has 0 saturated carbocycles. The van der Waals surface area contributed by atoms with E-state index in [1.54, 1.807) is 0 Å². The van der Waals surface area contributed by atoms with Crippen molar-refractivity contribution in [3.05, 3.63) is 54.1 Å². The Morgan fingerprint density at radius 1 is 1.12 bits per heavy atom. The third kappa shape index (κ3) is 5.16. The predicted octanol–water partition coefficient (Wildman–Crippen LogP) is 3.69. The lowest BCUT2D eigenvalue weighted by Gasteiger charge is -2.14. The van der Waals surface area contributed by atoms with E-state index in [0.717, 1.165) is 29.2 Å². The molecular weight excluding hydrogens is 334 g/mol. The molecule has 2 aromatic rings. The molecule has 25 heavy (non-hydrogen) atoms. The van der Waals surface area contributed by atoms with E-state index >= 15 is 0 Å². The maximum atomic E-state index is 12.3. The van der Waals surface area contributed by atoms with Crippen molar-refractivity contribution in [2.45, 2.75) is 29.9 Å². The molecule has 1 atom stereocenters. The fourth-order valence-electron chi connectivity index (χ4n) is 2.59. The third-order valence-electron chi connectivity index (χ3n) is 3.96. The summed E-state index contributed by atoms with van der Waals surface area (Å²) in [4.78, 5) is 13.3. The van der Waals surface area contributed by atoms with Crippen molar-refractivity contribution < 1.29 is 14.3 Å². The fourth-order valence-corrected chi connectivity index (χ4v) is 3.51. The molecule has 0 bridgehead atoms. The lowest BCUT2D eigenvalue weighted by molar-refractivity contribution is -0.120. The number of nitrogens with one attached hydrogen (secondary N) is 1. The number of hydrogen-bond acceptors (Lipinski definition) is 4. The van der Waals surface area contributed by atoms with E-state index in [1.807, 2.05) is 43.3 Å². The molecule has 3 rings (SSSR count). The van der Waals surface area contributed by atoms with Crippen LogP contribution in [-0.2, 0) is 11.2 Å². The molecule has 2 aromatic carbocycles. The molecule has 0 radical (unpaired) electrons. The molecule has 4 nitrogen and oxygen atoms in total. The molecule has 5 heteroatoms. The summed E-state index contributed by atoms with van der Waals surface area (Å²) < 4.78 is 11.3. The summed E-state index contributed by atoms with van der Waals surface area (Å²) in [6.45, 7) is 3.91. The molecule has 1 unspecified atom stereocenters. The number of amides is 1. The third-order valence-corrected chi connectivity index (χ3v) is 5.05. The van der Waals surface area contributed by atoms with Crippen molar-refractivity contribution in [3.8, 4) is 11.5 Å². The number of rotatable bonds is 6. The highest BCUT2D eigenvalue weighted by Gasteiger charge is 2.16. The van der Waals surface area contributed by atoms with Crippen LogP contribution in [0.2, 0.25) is 0 Å². The van der Waals surface area contributed by atoms with Crippen LogP contribution < -0.4 is 14.8 Å². The first kappa shape index (κ1) is 17.7. The summed E-state index contributed by atoms with van der Waals surface area (Å²) in [5.74, 6) is 1.59. The van der Waals surface area contributed by atoms with Gasteiger partial charge < -0.3 is 14.8 Å². The van der Waals surface area contributed by atoms with Gasteiger partial charge in [0.25, 0.3) is 0 Å². The summed E-state index contributed by atoms with van der Waals surface area (Å²) in [5, 5.41) is 2.84. The van der Waals surface area contributed by atoms with Crippen molar-refractivity contribution in [3.63, 3.8) is 0 Å². The average Bonchev–Trinajstić information content (AvgIpc) is 2.87. The number of carbonyl (C=O) groups is 1. The summed E-state index contributed by atoms with van der Waals surface area (Å²) in [6, 6.07) is 16.0. The summed E-state index contributed by atoms with van der Waals surface area (Å²) in [6.07, 6.45) is 1.73. The molecule has 1 heterocycles. The van der Waals surface area contributed by atoms with E-state index < -0.39 is 0 Å². The molecule has 1 aliphatic rings. The lowest BCUT2D eigenvalue weighted by atomic mass is 10.1. The number of thioether (sulfide) groups is 1. The van der Waals surface area contributed by atoms with Gasteiger partial charge in [-0.25, -0.2) is 0 Å². The smallest absolute Gasteiger partial charge is 0.233 e. The second kappa shape index (κ2) is 8.81. The minimum Gasteiger partial charge on any atom is -0.490 e.